The average molecular weight is 281 g/mol. The molecular formula is C15H27N3S. The molecule has 1 unspecified atom stereocenters. The number of aromatic nitrogens is 2. The fourth-order valence-corrected chi connectivity index (χ4v) is 4.04. The first kappa shape index (κ1) is 14.9. The van der Waals surface area contributed by atoms with E-state index in [1.54, 1.807) is 11.5 Å². The normalized spacial score (nSPS) is 25.4. The molecule has 108 valence electrons. The Morgan fingerprint density at radius 1 is 1.26 bits per heavy atom. The molecule has 1 atom stereocenters. The van der Waals surface area contributed by atoms with Crippen LogP contribution in [0, 0.1) is 11.8 Å². The maximum Gasteiger partial charge on any atom is 0.0803 e. The van der Waals surface area contributed by atoms with Crippen molar-refractivity contribution >= 4 is 11.5 Å². The lowest BCUT2D eigenvalue weighted by Crippen LogP contribution is -2.30. The predicted octanol–water partition coefficient (Wildman–Crippen LogP) is 3.97. The van der Waals surface area contributed by atoms with Gasteiger partial charge in [0.05, 0.1) is 10.6 Å². The molecule has 4 heteroatoms. The predicted molar refractivity (Wildman–Crippen MR) is 81.4 cm³/mol. The lowest BCUT2D eigenvalue weighted by atomic mass is 9.78. The van der Waals surface area contributed by atoms with Gasteiger partial charge in [-0.3, -0.25) is 0 Å². The van der Waals surface area contributed by atoms with E-state index < -0.39 is 0 Å². The van der Waals surface area contributed by atoms with E-state index in [-0.39, 0.29) is 0 Å². The molecule has 0 amide bonds. The second kappa shape index (κ2) is 7.34. The smallest absolute Gasteiger partial charge is 0.0803 e. The third kappa shape index (κ3) is 3.76. The number of rotatable bonds is 6. The van der Waals surface area contributed by atoms with Gasteiger partial charge in [-0.1, -0.05) is 44.5 Å². The molecule has 1 heterocycles. The Balaban J connectivity index is 2.12. The number of nitrogens with one attached hydrogen (secondary N) is 1. The molecule has 1 aromatic rings. The molecule has 0 bridgehead atoms. The van der Waals surface area contributed by atoms with E-state index >= 15 is 0 Å². The van der Waals surface area contributed by atoms with E-state index in [1.165, 1.54) is 36.3 Å². The van der Waals surface area contributed by atoms with Gasteiger partial charge in [0.25, 0.3) is 0 Å². The minimum absolute atomic E-state index is 0.485. The molecule has 3 nitrogen and oxygen atoms in total. The van der Waals surface area contributed by atoms with Gasteiger partial charge in [-0.05, 0) is 49.2 Å². The van der Waals surface area contributed by atoms with Crippen molar-refractivity contribution in [3.05, 3.63) is 10.6 Å². The van der Waals surface area contributed by atoms with Crippen LogP contribution >= 0.6 is 11.5 Å². The summed E-state index contributed by atoms with van der Waals surface area (Å²) in [5, 5.41) is 8.05. The molecule has 2 rings (SSSR count). The second-order valence-electron chi connectivity index (χ2n) is 5.89. The van der Waals surface area contributed by atoms with Crippen LogP contribution in [-0.4, -0.2) is 16.1 Å². The van der Waals surface area contributed by atoms with Crippen molar-refractivity contribution in [3.63, 3.8) is 0 Å². The van der Waals surface area contributed by atoms with Gasteiger partial charge in [-0.25, -0.2) is 0 Å². The van der Waals surface area contributed by atoms with Gasteiger partial charge in [0.2, 0.25) is 0 Å². The Labute approximate surface area is 121 Å². The first-order chi connectivity index (χ1) is 9.26. The maximum absolute atomic E-state index is 4.35. The van der Waals surface area contributed by atoms with Gasteiger partial charge >= 0.3 is 0 Å². The Morgan fingerprint density at radius 3 is 2.63 bits per heavy atom. The molecule has 1 aromatic heterocycles. The highest BCUT2D eigenvalue weighted by molar-refractivity contribution is 7.05. The molecule has 1 fully saturated rings. The molecule has 1 aliphatic carbocycles. The molecule has 1 N–H and O–H groups in total. The van der Waals surface area contributed by atoms with Crippen molar-refractivity contribution in [1.82, 2.24) is 14.9 Å². The molecule has 0 aromatic carbocycles. The van der Waals surface area contributed by atoms with E-state index in [0.717, 1.165) is 31.2 Å². The lowest BCUT2D eigenvalue weighted by Gasteiger charge is -2.32. The number of hydrogen-bond acceptors (Lipinski definition) is 4. The molecular weight excluding hydrogens is 254 g/mol. The van der Waals surface area contributed by atoms with Gasteiger partial charge in [0.1, 0.15) is 0 Å². The van der Waals surface area contributed by atoms with Crippen molar-refractivity contribution in [2.45, 2.75) is 65.3 Å². The highest BCUT2D eigenvalue weighted by Gasteiger charge is 2.29. The molecule has 19 heavy (non-hydrogen) atoms. The highest BCUT2D eigenvalue weighted by Crippen LogP contribution is 2.38. The summed E-state index contributed by atoms with van der Waals surface area (Å²) in [5.41, 5.74) is 1.23. The average Bonchev–Trinajstić information content (AvgIpc) is 2.86. The van der Waals surface area contributed by atoms with Crippen LogP contribution in [0.15, 0.2) is 0 Å². The van der Waals surface area contributed by atoms with Crippen LogP contribution in [0.5, 0.6) is 0 Å². The number of hydrogen-bond donors (Lipinski definition) is 1. The zero-order valence-corrected chi connectivity index (χ0v) is 13.3. The maximum atomic E-state index is 4.35. The number of nitrogens with zero attached hydrogens (tertiary/aromatic N) is 2. The van der Waals surface area contributed by atoms with Gasteiger partial charge in [0, 0.05) is 6.04 Å². The van der Waals surface area contributed by atoms with Crippen LogP contribution in [0.4, 0.5) is 0 Å². The van der Waals surface area contributed by atoms with Crippen LogP contribution in [0.25, 0.3) is 0 Å². The van der Waals surface area contributed by atoms with E-state index in [4.69, 9.17) is 0 Å². The molecule has 0 spiro atoms. The summed E-state index contributed by atoms with van der Waals surface area (Å²) >= 11 is 1.61. The topological polar surface area (TPSA) is 37.8 Å². The minimum atomic E-state index is 0.485. The van der Waals surface area contributed by atoms with Crippen LogP contribution in [-0.2, 0) is 6.42 Å². The zero-order valence-electron chi connectivity index (χ0n) is 12.5. The second-order valence-corrected chi connectivity index (χ2v) is 6.67. The summed E-state index contributed by atoms with van der Waals surface area (Å²) in [6.45, 7) is 7.83. The fraction of sp³-hybridized carbons (Fsp3) is 0.867. The van der Waals surface area contributed by atoms with Gasteiger partial charge < -0.3 is 5.32 Å². The lowest BCUT2D eigenvalue weighted by molar-refractivity contribution is 0.234. The van der Waals surface area contributed by atoms with E-state index in [2.05, 4.69) is 35.7 Å². The van der Waals surface area contributed by atoms with Crippen LogP contribution in [0.1, 0.15) is 69.5 Å². The van der Waals surface area contributed by atoms with Gasteiger partial charge in [-0.15, -0.1) is 5.10 Å². The summed E-state index contributed by atoms with van der Waals surface area (Å²) < 4.78 is 4.21. The van der Waals surface area contributed by atoms with E-state index in [1.807, 2.05) is 0 Å². The molecule has 1 saturated carbocycles. The summed E-state index contributed by atoms with van der Waals surface area (Å²) in [6.07, 6.45) is 7.67. The molecule has 1 aliphatic rings. The third-order valence-corrected chi connectivity index (χ3v) is 5.16. The zero-order chi connectivity index (χ0) is 13.7. The van der Waals surface area contributed by atoms with Crippen molar-refractivity contribution in [2.24, 2.45) is 11.8 Å². The van der Waals surface area contributed by atoms with Crippen molar-refractivity contribution in [3.8, 4) is 0 Å². The summed E-state index contributed by atoms with van der Waals surface area (Å²) in [7, 11) is 0. The van der Waals surface area contributed by atoms with E-state index in [0.29, 0.717) is 6.04 Å². The summed E-state index contributed by atoms with van der Waals surface area (Å²) in [5.74, 6) is 1.68. The molecule has 0 aliphatic heterocycles. The van der Waals surface area contributed by atoms with Crippen molar-refractivity contribution < 1.29 is 0 Å². The van der Waals surface area contributed by atoms with Gasteiger partial charge in [-0.2, -0.15) is 0 Å². The standard InChI is InChI=1S/C15H27N3S/c1-4-6-13-15(19-18-17-13)14(16-5-2)12-9-7-11(3)8-10-12/h11-12,14,16H,4-10H2,1-3H3. The Morgan fingerprint density at radius 2 is 2.00 bits per heavy atom. The van der Waals surface area contributed by atoms with Crippen molar-refractivity contribution in [1.29, 1.82) is 0 Å². The van der Waals surface area contributed by atoms with Crippen LogP contribution in [0.3, 0.4) is 0 Å². The largest absolute Gasteiger partial charge is 0.309 e. The summed E-state index contributed by atoms with van der Waals surface area (Å²) in [4.78, 5) is 1.41. The highest BCUT2D eigenvalue weighted by atomic mass is 32.1. The van der Waals surface area contributed by atoms with Crippen molar-refractivity contribution in [2.75, 3.05) is 6.54 Å². The van der Waals surface area contributed by atoms with E-state index in [9.17, 15) is 0 Å². The first-order valence-electron chi connectivity index (χ1n) is 7.80. The quantitative estimate of drug-likeness (QED) is 0.857. The monoisotopic (exact) mass is 281 g/mol. The number of aryl methyl sites for hydroxylation is 1. The summed E-state index contributed by atoms with van der Waals surface area (Å²) in [6, 6.07) is 0.485. The first-order valence-corrected chi connectivity index (χ1v) is 8.58. The third-order valence-electron chi connectivity index (χ3n) is 4.31. The SMILES string of the molecule is CCCc1nnsc1C(NCC)C1CCC(C)CC1. The minimum Gasteiger partial charge on any atom is -0.309 e. The molecule has 0 saturated heterocycles. The Bertz CT molecular complexity index is 369. The Hall–Kier alpha value is -0.480. The Kier molecular flexibility index (Phi) is 5.76. The molecule has 0 radical (unpaired) electrons. The fourth-order valence-electron chi connectivity index (χ4n) is 3.17. The van der Waals surface area contributed by atoms with Crippen LogP contribution in [0.2, 0.25) is 0 Å². The van der Waals surface area contributed by atoms with Crippen LogP contribution < -0.4 is 5.32 Å². The van der Waals surface area contributed by atoms with Gasteiger partial charge in [0.15, 0.2) is 0 Å².